The minimum Gasteiger partial charge on any atom is -0.469 e. The number of anilines is 1. The molecular formula is C16H20N2O2. The number of nitrogens with zero attached hydrogens (tertiary/aromatic N) is 1. The zero-order valence-corrected chi connectivity index (χ0v) is 12.4. The van der Waals surface area contributed by atoms with Crippen LogP contribution in [-0.4, -0.2) is 24.9 Å². The van der Waals surface area contributed by atoms with Gasteiger partial charge in [-0.2, -0.15) is 0 Å². The lowest BCUT2D eigenvalue weighted by Crippen LogP contribution is -2.14. The summed E-state index contributed by atoms with van der Waals surface area (Å²) < 4.78 is 5.16. The molecule has 4 nitrogen and oxygen atoms in total. The van der Waals surface area contributed by atoms with Crippen LogP contribution in [-0.2, 0) is 6.54 Å². The third-order valence-corrected chi connectivity index (χ3v) is 3.00. The molecule has 106 valence electrons. The smallest absolute Gasteiger partial charge is 0.259 e. The topological polar surface area (TPSA) is 45.5 Å². The summed E-state index contributed by atoms with van der Waals surface area (Å²) in [6.07, 6.45) is 1.53. The van der Waals surface area contributed by atoms with Crippen molar-refractivity contribution in [3.05, 3.63) is 53.0 Å². The lowest BCUT2D eigenvalue weighted by Gasteiger charge is -2.13. The SMILES string of the molecule is Cc1cc(CN(C)C)cc(NC(=O)c2ccoc2C)c1. The number of furan rings is 1. The number of carbonyl (C=O) groups is 1. The normalized spacial score (nSPS) is 10.8. The predicted molar refractivity (Wildman–Crippen MR) is 80.0 cm³/mol. The van der Waals surface area contributed by atoms with Gasteiger partial charge in [-0.1, -0.05) is 6.07 Å². The molecule has 1 heterocycles. The van der Waals surface area contributed by atoms with E-state index >= 15 is 0 Å². The van der Waals surface area contributed by atoms with E-state index in [1.807, 2.05) is 33.2 Å². The molecule has 1 aromatic heterocycles. The van der Waals surface area contributed by atoms with Crippen molar-refractivity contribution >= 4 is 11.6 Å². The maximum Gasteiger partial charge on any atom is 0.259 e. The van der Waals surface area contributed by atoms with Gasteiger partial charge in [-0.05, 0) is 57.3 Å². The number of benzene rings is 1. The fourth-order valence-corrected chi connectivity index (χ4v) is 2.21. The lowest BCUT2D eigenvalue weighted by molar-refractivity contribution is 0.102. The first-order valence-electron chi connectivity index (χ1n) is 6.56. The van der Waals surface area contributed by atoms with E-state index in [4.69, 9.17) is 4.42 Å². The van der Waals surface area contributed by atoms with Gasteiger partial charge in [-0.15, -0.1) is 0 Å². The van der Waals surface area contributed by atoms with Gasteiger partial charge >= 0.3 is 0 Å². The molecule has 1 N–H and O–H groups in total. The molecule has 0 unspecified atom stereocenters. The van der Waals surface area contributed by atoms with E-state index in [0.29, 0.717) is 11.3 Å². The Morgan fingerprint density at radius 1 is 1.25 bits per heavy atom. The van der Waals surface area contributed by atoms with Crippen LogP contribution in [0.3, 0.4) is 0 Å². The van der Waals surface area contributed by atoms with Gasteiger partial charge in [0.05, 0.1) is 11.8 Å². The Labute approximate surface area is 119 Å². The van der Waals surface area contributed by atoms with Crippen molar-refractivity contribution < 1.29 is 9.21 Å². The first-order valence-corrected chi connectivity index (χ1v) is 6.56. The van der Waals surface area contributed by atoms with E-state index in [1.165, 1.54) is 11.8 Å². The molecular weight excluding hydrogens is 252 g/mol. The van der Waals surface area contributed by atoms with Crippen molar-refractivity contribution in [2.45, 2.75) is 20.4 Å². The minimum atomic E-state index is -0.141. The molecule has 0 aliphatic heterocycles. The zero-order chi connectivity index (χ0) is 14.7. The van der Waals surface area contributed by atoms with Crippen LogP contribution in [0.1, 0.15) is 27.2 Å². The molecule has 20 heavy (non-hydrogen) atoms. The number of hydrogen-bond acceptors (Lipinski definition) is 3. The molecule has 0 bridgehead atoms. The second kappa shape index (κ2) is 5.92. The first-order chi connectivity index (χ1) is 9.45. The van der Waals surface area contributed by atoms with Gasteiger partial charge in [0.1, 0.15) is 5.76 Å². The van der Waals surface area contributed by atoms with Crippen molar-refractivity contribution in [3.63, 3.8) is 0 Å². The van der Waals surface area contributed by atoms with Crippen molar-refractivity contribution in [1.82, 2.24) is 4.90 Å². The molecule has 0 aliphatic rings. The summed E-state index contributed by atoms with van der Waals surface area (Å²) in [6, 6.07) is 7.77. The van der Waals surface area contributed by atoms with Crippen LogP contribution in [0.5, 0.6) is 0 Å². The van der Waals surface area contributed by atoms with Gasteiger partial charge in [-0.25, -0.2) is 0 Å². The Balaban J connectivity index is 2.19. The fourth-order valence-electron chi connectivity index (χ4n) is 2.21. The molecule has 2 rings (SSSR count). The van der Waals surface area contributed by atoms with Gasteiger partial charge < -0.3 is 14.6 Å². The Morgan fingerprint density at radius 2 is 2.00 bits per heavy atom. The highest BCUT2D eigenvalue weighted by atomic mass is 16.3. The maximum absolute atomic E-state index is 12.2. The Morgan fingerprint density at radius 3 is 2.60 bits per heavy atom. The summed E-state index contributed by atoms with van der Waals surface area (Å²) in [5.41, 5.74) is 3.69. The molecule has 0 saturated heterocycles. The number of hydrogen-bond donors (Lipinski definition) is 1. The van der Waals surface area contributed by atoms with Gasteiger partial charge in [0.15, 0.2) is 0 Å². The van der Waals surface area contributed by atoms with E-state index in [9.17, 15) is 4.79 Å². The molecule has 0 saturated carbocycles. The zero-order valence-electron chi connectivity index (χ0n) is 12.4. The molecule has 0 spiro atoms. The third kappa shape index (κ3) is 3.48. The number of aryl methyl sites for hydroxylation is 2. The standard InChI is InChI=1S/C16H20N2O2/c1-11-7-13(10-18(3)4)9-14(8-11)17-16(19)15-5-6-20-12(15)2/h5-9H,10H2,1-4H3,(H,17,19). The van der Waals surface area contributed by atoms with E-state index in [-0.39, 0.29) is 5.91 Å². The molecule has 0 aliphatic carbocycles. The molecule has 1 aromatic carbocycles. The van der Waals surface area contributed by atoms with Crippen LogP contribution in [0.15, 0.2) is 34.9 Å². The summed E-state index contributed by atoms with van der Waals surface area (Å²) in [6.45, 7) is 4.65. The van der Waals surface area contributed by atoms with Crippen molar-refractivity contribution in [1.29, 1.82) is 0 Å². The van der Waals surface area contributed by atoms with Crippen LogP contribution < -0.4 is 5.32 Å². The van der Waals surface area contributed by atoms with Gasteiger partial charge in [0.2, 0.25) is 0 Å². The van der Waals surface area contributed by atoms with Crippen LogP contribution in [0.25, 0.3) is 0 Å². The molecule has 0 radical (unpaired) electrons. The van der Waals surface area contributed by atoms with Gasteiger partial charge in [-0.3, -0.25) is 4.79 Å². The molecule has 1 amide bonds. The lowest BCUT2D eigenvalue weighted by atomic mass is 10.1. The number of rotatable bonds is 4. The Bertz CT molecular complexity index is 615. The van der Waals surface area contributed by atoms with Crippen molar-refractivity contribution in [3.8, 4) is 0 Å². The van der Waals surface area contributed by atoms with Crippen molar-refractivity contribution in [2.24, 2.45) is 0 Å². The highest BCUT2D eigenvalue weighted by Gasteiger charge is 2.12. The van der Waals surface area contributed by atoms with Crippen LogP contribution in [0.2, 0.25) is 0 Å². The monoisotopic (exact) mass is 272 g/mol. The minimum absolute atomic E-state index is 0.141. The predicted octanol–water partition coefficient (Wildman–Crippen LogP) is 3.21. The van der Waals surface area contributed by atoms with E-state index in [2.05, 4.69) is 16.3 Å². The van der Waals surface area contributed by atoms with E-state index in [0.717, 1.165) is 17.8 Å². The summed E-state index contributed by atoms with van der Waals surface area (Å²) in [5.74, 6) is 0.487. The summed E-state index contributed by atoms with van der Waals surface area (Å²) in [7, 11) is 4.05. The molecule has 0 fully saturated rings. The summed E-state index contributed by atoms with van der Waals surface area (Å²) in [4.78, 5) is 14.3. The van der Waals surface area contributed by atoms with Gasteiger partial charge in [0.25, 0.3) is 5.91 Å². The van der Waals surface area contributed by atoms with Crippen LogP contribution in [0, 0.1) is 13.8 Å². The van der Waals surface area contributed by atoms with E-state index < -0.39 is 0 Å². The number of nitrogens with one attached hydrogen (secondary N) is 1. The number of amides is 1. The fraction of sp³-hybridized carbons (Fsp3) is 0.312. The second-order valence-electron chi connectivity index (χ2n) is 5.29. The first kappa shape index (κ1) is 14.3. The molecule has 2 aromatic rings. The largest absolute Gasteiger partial charge is 0.469 e. The average Bonchev–Trinajstić information content (AvgIpc) is 2.73. The van der Waals surface area contributed by atoms with Crippen molar-refractivity contribution in [2.75, 3.05) is 19.4 Å². The molecule has 0 atom stereocenters. The summed E-state index contributed by atoms with van der Waals surface area (Å²) >= 11 is 0. The highest BCUT2D eigenvalue weighted by molar-refractivity contribution is 6.04. The summed E-state index contributed by atoms with van der Waals surface area (Å²) in [5, 5.41) is 2.92. The highest BCUT2D eigenvalue weighted by Crippen LogP contribution is 2.18. The van der Waals surface area contributed by atoms with E-state index in [1.54, 1.807) is 13.0 Å². The maximum atomic E-state index is 12.2. The Hall–Kier alpha value is -2.07. The van der Waals surface area contributed by atoms with Gasteiger partial charge in [0, 0.05) is 12.2 Å². The quantitative estimate of drug-likeness (QED) is 0.929. The Kier molecular flexibility index (Phi) is 4.25. The molecule has 4 heteroatoms. The number of carbonyl (C=O) groups excluding carboxylic acids is 1. The van der Waals surface area contributed by atoms with Crippen LogP contribution in [0.4, 0.5) is 5.69 Å². The average molecular weight is 272 g/mol. The second-order valence-corrected chi connectivity index (χ2v) is 5.29. The van der Waals surface area contributed by atoms with Crippen LogP contribution >= 0.6 is 0 Å². The third-order valence-electron chi connectivity index (χ3n) is 3.00.